The number of fused-ring (bicyclic) bond motifs is 1. The molecule has 2 N–H and O–H groups in total. The summed E-state index contributed by atoms with van der Waals surface area (Å²) in [6.45, 7) is 3.95. The van der Waals surface area contributed by atoms with Crippen LogP contribution in [0.15, 0.2) is 30.3 Å². The molecule has 0 aliphatic carbocycles. The first kappa shape index (κ1) is 12.4. The van der Waals surface area contributed by atoms with Gasteiger partial charge in [0.15, 0.2) is 0 Å². The first-order valence-corrected chi connectivity index (χ1v) is 6.43. The minimum atomic E-state index is 0.202. The van der Waals surface area contributed by atoms with Crippen molar-refractivity contribution in [2.24, 2.45) is 0 Å². The molecule has 0 aliphatic heterocycles. The molecular weight excluding hydrogens is 250 g/mol. The van der Waals surface area contributed by atoms with Crippen LogP contribution < -0.4 is 0 Å². The predicted octanol–water partition coefficient (Wildman–Crippen LogP) is 3.45. The van der Waals surface area contributed by atoms with Crippen molar-refractivity contribution in [3.05, 3.63) is 53.0 Å². The molecule has 0 saturated heterocycles. The number of pyridine rings is 1. The van der Waals surface area contributed by atoms with Crippen molar-refractivity contribution in [1.29, 1.82) is 0 Å². The molecule has 4 heteroatoms. The van der Waals surface area contributed by atoms with E-state index in [4.69, 9.17) is 0 Å². The minimum Gasteiger partial charge on any atom is -0.506 e. The Morgan fingerprint density at radius 2 is 1.95 bits per heavy atom. The van der Waals surface area contributed by atoms with E-state index in [0.717, 1.165) is 28.0 Å². The highest BCUT2D eigenvalue weighted by molar-refractivity contribution is 5.85. The zero-order chi connectivity index (χ0) is 14.1. The molecule has 0 unspecified atom stereocenters. The third kappa shape index (κ3) is 2.16. The highest BCUT2D eigenvalue weighted by Crippen LogP contribution is 2.23. The van der Waals surface area contributed by atoms with Crippen molar-refractivity contribution >= 4 is 23.1 Å². The van der Waals surface area contributed by atoms with Gasteiger partial charge in [0.05, 0.1) is 11.4 Å². The third-order valence-electron chi connectivity index (χ3n) is 3.33. The maximum atomic E-state index is 9.83. The molecule has 0 amide bonds. The van der Waals surface area contributed by atoms with Crippen molar-refractivity contribution in [1.82, 2.24) is 15.2 Å². The summed E-state index contributed by atoms with van der Waals surface area (Å²) in [7, 11) is 0. The monoisotopic (exact) mass is 265 g/mol. The van der Waals surface area contributed by atoms with Gasteiger partial charge in [-0.1, -0.05) is 18.2 Å². The molecule has 2 heterocycles. The average Bonchev–Trinajstić information content (AvgIpc) is 2.76. The van der Waals surface area contributed by atoms with Crippen molar-refractivity contribution < 1.29 is 5.11 Å². The van der Waals surface area contributed by atoms with Gasteiger partial charge in [0.1, 0.15) is 11.3 Å². The van der Waals surface area contributed by atoms with E-state index in [2.05, 4.69) is 15.2 Å². The number of aromatic nitrogens is 3. The minimum absolute atomic E-state index is 0.202. The Morgan fingerprint density at radius 1 is 1.10 bits per heavy atom. The number of benzene rings is 1. The summed E-state index contributed by atoms with van der Waals surface area (Å²) in [5.41, 5.74) is 4.49. The Morgan fingerprint density at radius 3 is 2.70 bits per heavy atom. The van der Waals surface area contributed by atoms with Gasteiger partial charge < -0.3 is 5.11 Å². The highest BCUT2D eigenvalue weighted by atomic mass is 16.3. The number of hydrogen-bond acceptors (Lipinski definition) is 3. The fourth-order valence-electron chi connectivity index (χ4n) is 2.21. The average molecular weight is 265 g/mol. The molecule has 100 valence electrons. The molecular formula is C16H15N3O. The summed E-state index contributed by atoms with van der Waals surface area (Å²) < 4.78 is 0. The maximum Gasteiger partial charge on any atom is 0.141 e. The standard InChI is InChI=1S/C16H15N3O/c1-10-14(11(2)19-18-10)9-8-13-7-6-12-4-3-5-15(20)16(12)17-13/h3-9,20H,1-2H3,(H,18,19)/b9-8+. The normalized spacial score (nSPS) is 11.5. The van der Waals surface area contributed by atoms with Crippen molar-refractivity contribution in [3.8, 4) is 5.75 Å². The second kappa shape index (κ2) is 4.81. The number of nitrogens with zero attached hydrogens (tertiary/aromatic N) is 2. The van der Waals surface area contributed by atoms with Crippen LogP contribution in [0.3, 0.4) is 0 Å². The van der Waals surface area contributed by atoms with E-state index in [1.54, 1.807) is 6.07 Å². The summed E-state index contributed by atoms with van der Waals surface area (Å²) in [5.74, 6) is 0.202. The van der Waals surface area contributed by atoms with Gasteiger partial charge >= 0.3 is 0 Å². The number of hydrogen-bond donors (Lipinski definition) is 2. The molecule has 0 aliphatic rings. The molecule has 2 aromatic heterocycles. The molecule has 0 bridgehead atoms. The lowest BCUT2D eigenvalue weighted by atomic mass is 10.1. The second-order valence-electron chi connectivity index (χ2n) is 4.77. The van der Waals surface area contributed by atoms with Gasteiger partial charge in [-0.2, -0.15) is 5.10 Å². The predicted molar refractivity (Wildman–Crippen MR) is 80.4 cm³/mol. The summed E-state index contributed by atoms with van der Waals surface area (Å²) in [6.07, 6.45) is 3.92. The van der Waals surface area contributed by atoms with Crippen molar-refractivity contribution in [3.63, 3.8) is 0 Å². The van der Waals surface area contributed by atoms with Crippen LogP contribution in [0.25, 0.3) is 23.1 Å². The fraction of sp³-hybridized carbons (Fsp3) is 0.125. The first-order valence-electron chi connectivity index (χ1n) is 6.43. The first-order chi connectivity index (χ1) is 9.65. The van der Waals surface area contributed by atoms with Gasteiger partial charge in [-0.3, -0.25) is 5.10 Å². The lowest BCUT2D eigenvalue weighted by Gasteiger charge is -2.01. The number of aryl methyl sites for hydroxylation is 2. The molecule has 3 aromatic rings. The van der Waals surface area contributed by atoms with E-state index in [9.17, 15) is 5.11 Å². The van der Waals surface area contributed by atoms with Gasteiger partial charge in [0.25, 0.3) is 0 Å². The largest absolute Gasteiger partial charge is 0.506 e. The summed E-state index contributed by atoms with van der Waals surface area (Å²) in [4.78, 5) is 4.47. The molecule has 0 radical (unpaired) electrons. The molecule has 0 saturated carbocycles. The maximum absolute atomic E-state index is 9.83. The van der Waals surface area contributed by atoms with E-state index >= 15 is 0 Å². The molecule has 20 heavy (non-hydrogen) atoms. The second-order valence-corrected chi connectivity index (χ2v) is 4.77. The lowest BCUT2D eigenvalue weighted by molar-refractivity contribution is 0.480. The summed E-state index contributed by atoms with van der Waals surface area (Å²) in [5, 5.41) is 17.9. The Bertz CT molecular complexity index is 783. The lowest BCUT2D eigenvalue weighted by Crippen LogP contribution is -1.84. The number of phenolic OH excluding ortho intramolecular Hbond substituents is 1. The van der Waals surface area contributed by atoms with E-state index in [1.165, 1.54) is 0 Å². The summed E-state index contributed by atoms with van der Waals surface area (Å²) in [6, 6.07) is 9.28. The van der Waals surface area contributed by atoms with E-state index in [-0.39, 0.29) is 5.75 Å². The molecule has 1 aromatic carbocycles. The number of H-pyrrole nitrogens is 1. The Hall–Kier alpha value is -2.62. The quantitative estimate of drug-likeness (QED) is 0.746. The smallest absolute Gasteiger partial charge is 0.141 e. The van der Waals surface area contributed by atoms with E-state index in [1.807, 2.05) is 50.3 Å². The van der Waals surface area contributed by atoms with Crippen molar-refractivity contribution in [2.45, 2.75) is 13.8 Å². The Labute approximate surface area is 116 Å². The van der Waals surface area contributed by atoms with Gasteiger partial charge in [-0.15, -0.1) is 0 Å². The van der Waals surface area contributed by atoms with Crippen LogP contribution in [0.4, 0.5) is 0 Å². The molecule has 0 atom stereocenters. The van der Waals surface area contributed by atoms with Crippen LogP contribution in [-0.2, 0) is 0 Å². The fourth-order valence-corrected chi connectivity index (χ4v) is 2.21. The van der Waals surface area contributed by atoms with Crippen LogP contribution in [0, 0.1) is 13.8 Å². The Balaban J connectivity index is 2.01. The highest BCUT2D eigenvalue weighted by Gasteiger charge is 2.03. The zero-order valence-corrected chi connectivity index (χ0v) is 11.4. The van der Waals surface area contributed by atoms with Crippen molar-refractivity contribution in [2.75, 3.05) is 0 Å². The number of aromatic hydroxyl groups is 1. The Kier molecular flexibility index (Phi) is 2.99. The van der Waals surface area contributed by atoms with Gasteiger partial charge in [-0.25, -0.2) is 4.98 Å². The number of rotatable bonds is 2. The number of para-hydroxylation sites is 1. The number of aromatic amines is 1. The molecule has 3 rings (SSSR count). The van der Waals surface area contributed by atoms with Crippen LogP contribution in [0.5, 0.6) is 5.75 Å². The van der Waals surface area contributed by atoms with E-state index in [0.29, 0.717) is 5.52 Å². The SMILES string of the molecule is Cc1n[nH]c(C)c1/C=C/c1ccc2cccc(O)c2n1. The number of phenols is 1. The molecule has 0 spiro atoms. The van der Waals surface area contributed by atoms with Gasteiger partial charge in [0.2, 0.25) is 0 Å². The van der Waals surface area contributed by atoms with Crippen LogP contribution in [-0.4, -0.2) is 20.3 Å². The summed E-state index contributed by atoms with van der Waals surface area (Å²) >= 11 is 0. The van der Waals surface area contributed by atoms with Crippen LogP contribution in [0.2, 0.25) is 0 Å². The van der Waals surface area contributed by atoms with Gasteiger partial charge in [-0.05, 0) is 38.1 Å². The number of nitrogens with one attached hydrogen (secondary N) is 1. The van der Waals surface area contributed by atoms with Crippen LogP contribution in [0.1, 0.15) is 22.6 Å². The third-order valence-corrected chi connectivity index (χ3v) is 3.33. The van der Waals surface area contributed by atoms with E-state index < -0.39 is 0 Å². The van der Waals surface area contributed by atoms with Gasteiger partial charge in [0, 0.05) is 16.6 Å². The molecule has 0 fully saturated rings. The molecule has 4 nitrogen and oxygen atoms in total. The zero-order valence-electron chi connectivity index (χ0n) is 11.4. The topological polar surface area (TPSA) is 61.8 Å². The van der Waals surface area contributed by atoms with Crippen LogP contribution >= 0.6 is 0 Å².